The molecule has 0 amide bonds. The van der Waals surface area contributed by atoms with Crippen LogP contribution < -0.4 is 14.8 Å². The van der Waals surface area contributed by atoms with Crippen molar-refractivity contribution in [1.29, 1.82) is 0 Å². The molecule has 1 rings (SSSR count). The molecular formula is C8H13ClN4O2. The third-order valence-electron chi connectivity index (χ3n) is 1.42. The molecule has 0 aromatic carbocycles. The lowest BCUT2D eigenvalue weighted by atomic mass is 10.7. The van der Waals surface area contributed by atoms with Crippen LogP contribution in [0, 0.1) is 0 Å². The molecule has 1 heterocycles. The predicted molar refractivity (Wildman–Crippen MR) is 56.8 cm³/mol. The summed E-state index contributed by atoms with van der Waals surface area (Å²) in [4.78, 5) is 11.9. The number of anilines is 1. The van der Waals surface area contributed by atoms with Crippen molar-refractivity contribution in [1.82, 2.24) is 15.0 Å². The first kappa shape index (κ1) is 11.8. The largest absolute Gasteiger partial charge is 0.467 e. The molecule has 15 heavy (non-hydrogen) atoms. The molecule has 0 spiro atoms. The van der Waals surface area contributed by atoms with E-state index in [0.29, 0.717) is 25.0 Å². The zero-order valence-electron chi connectivity index (χ0n) is 8.66. The molecule has 0 aliphatic carbocycles. The average molecular weight is 233 g/mol. The SMILES string of the molecule is CCNc1nc(OC)nc(OCCCl)n1. The van der Waals surface area contributed by atoms with Gasteiger partial charge in [0.1, 0.15) is 6.61 Å². The van der Waals surface area contributed by atoms with Crippen LogP contribution in [0.2, 0.25) is 0 Å². The highest BCUT2D eigenvalue weighted by Crippen LogP contribution is 2.12. The highest BCUT2D eigenvalue weighted by molar-refractivity contribution is 6.17. The lowest BCUT2D eigenvalue weighted by Gasteiger charge is -2.06. The minimum absolute atomic E-state index is 0.207. The van der Waals surface area contributed by atoms with Crippen molar-refractivity contribution in [2.45, 2.75) is 6.92 Å². The van der Waals surface area contributed by atoms with E-state index in [2.05, 4.69) is 20.3 Å². The van der Waals surface area contributed by atoms with Gasteiger partial charge in [0.05, 0.1) is 13.0 Å². The Labute approximate surface area is 93.0 Å². The topological polar surface area (TPSA) is 69.2 Å². The standard InChI is InChI=1S/C8H13ClN4O2/c1-3-10-6-11-7(14-2)13-8(12-6)15-5-4-9/h3-5H2,1-2H3,(H,10,11,12,13). The summed E-state index contributed by atoms with van der Waals surface area (Å²) in [6, 6.07) is 0.420. The molecule has 0 unspecified atom stereocenters. The molecule has 6 nitrogen and oxygen atoms in total. The third-order valence-corrected chi connectivity index (χ3v) is 1.57. The number of rotatable bonds is 6. The van der Waals surface area contributed by atoms with Crippen molar-refractivity contribution >= 4 is 17.5 Å². The van der Waals surface area contributed by atoms with Crippen molar-refractivity contribution < 1.29 is 9.47 Å². The first-order valence-corrected chi connectivity index (χ1v) is 5.06. The van der Waals surface area contributed by atoms with Gasteiger partial charge >= 0.3 is 12.0 Å². The summed E-state index contributed by atoms with van der Waals surface area (Å²) in [5, 5.41) is 2.94. The summed E-state index contributed by atoms with van der Waals surface area (Å²) < 4.78 is 10.1. The van der Waals surface area contributed by atoms with Gasteiger partial charge in [0, 0.05) is 6.54 Å². The first-order chi connectivity index (χ1) is 7.30. The maximum atomic E-state index is 5.48. The monoisotopic (exact) mass is 232 g/mol. The van der Waals surface area contributed by atoms with E-state index in [1.807, 2.05) is 6.92 Å². The van der Waals surface area contributed by atoms with Crippen LogP contribution in [-0.4, -0.2) is 41.1 Å². The van der Waals surface area contributed by atoms with Gasteiger partial charge in [-0.2, -0.15) is 9.97 Å². The van der Waals surface area contributed by atoms with E-state index in [1.165, 1.54) is 7.11 Å². The van der Waals surface area contributed by atoms with Gasteiger partial charge in [0.15, 0.2) is 0 Å². The van der Waals surface area contributed by atoms with Crippen molar-refractivity contribution in [2.24, 2.45) is 0 Å². The van der Waals surface area contributed by atoms with Crippen LogP contribution in [0.3, 0.4) is 0 Å². The Bertz CT molecular complexity index is 311. The van der Waals surface area contributed by atoms with E-state index in [4.69, 9.17) is 21.1 Å². The van der Waals surface area contributed by atoms with Gasteiger partial charge in [-0.05, 0) is 6.92 Å². The van der Waals surface area contributed by atoms with Crippen LogP contribution in [0.5, 0.6) is 12.0 Å². The van der Waals surface area contributed by atoms with Gasteiger partial charge in [-0.25, -0.2) is 0 Å². The number of methoxy groups -OCH3 is 1. The molecule has 0 bridgehead atoms. The normalized spacial score (nSPS) is 9.80. The fraction of sp³-hybridized carbons (Fsp3) is 0.625. The van der Waals surface area contributed by atoms with E-state index >= 15 is 0 Å². The van der Waals surface area contributed by atoms with Gasteiger partial charge in [0.2, 0.25) is 5.95 Å². The van der Waals surface area contributed by atoms with Gasteiger partial charge in [0.25, 0.3) is 0 Å². The number of hydrogen-bond donors (Lipinski definition) is 1. The molecule has 1 aromatic heterocycles. The molecule has 0 radical (unpaired) electrons. The van der Waals surface area contributed by atoms with E-state index < -0.39 is 0 Å². The predicted octanol–water partition coefficient (Wildman–Crippen LogP) is 0.930. The zero-order valence-corrected chi connectivity index (χ0v) is 9.41. The van der Waals surface area contributed by atoms with E-state index in [-0.39, 0.29) is 12.0 Å². The van der Waals surface area contributed by atoms with Crippen LogP contribution in [0.25, 0.3) is 0 Å². The molecule has 84 valence electrons. The lowest BCUT2D eigenvalue weighted by molar-refractivity contribution is 0.300. The molecule has 0 aliphatic rings. The van der Waals surface area contributed by atoms with Gasteiger partial charge < -0.3 is 14.8 Å². The summed E-state index contributed by atoms with van der Waals surface area (Å²) in [6.07, 6.45) is 0. The Morgan fingerprint density at radius 2 is 2.00 bits per heavy atom. The number of nitrogens with one attached hydrogen (secondary N) is 1. The quantitative estimate of drug-likeness (QED) is 0.736. The molecule has 0 saturated heterocycles. The Kier molecular flexibility index (Phi) is 4.89. The van der Waals surface area contributed by atoms with Crippen LogP contribution in [-0.2, 0) is 0 Å². The van der Waals surface area contributed by atoms with Gasteiger partial charge in [-0.1, -0.05) is 0 Å². The number of aromatic nitrogens is 3. The summed E-state index contributed by atoms with van der Waals surface area (Å²) in [5.74, 6) is 0.804. The fourth-order valence-corrected chi connectivity index (χ4v) is 0.938. The molecule has 7 heteroatoms. The summed E-state index contributed by atoms with van der Waals surface area (Å²) in [5.41, 5.74) is 0. The Morgan fingerprint density at radius 1 is 1.27 bits per heavy atom. The van der Waals surface area contributed by atoms with Crippen LogP contribution >= 0.6 is 11.6 Å². The fourth-order valence-electron chi connectivity index (χ4n) is 0.861. The maximum absolute atomic E-state index is 5.48. The lowest BCUT2D eigenvalue weighted by Crippen LogP contribution is -2.08. The van der Waals surface area contributed by atoms with Crippen molar-refractivity contribution in [3.8, 4) is 12.0 Å². The molecule has 0 aliphatic heterocycles. The van der Waals surface area contributed by atoms with Crippen molar-refractivity contribution in [3.05, 3.63) is 0 Å². The van der Waals surface area contributed by atoms with E-state index in [0.717, 1.165) is 0 Å². The molecule has 1 N–H and O–H groups in total. The Hall–Kier alpha value is -1.30. The smallest absolute Gasteiger partial charge is 0.324 e. The highest BCUT2D eigenvalue weighted by atomic mass is 35.5. The number of alkyl halides is 1. The Balaban J connectivity index is 2.79. The average Bonchev–Trinajstić information content (AvgIpc) is 2.26. The molecular weight excluding hydrogens is 220 g/mol. The van der Waals surface area contributed by atoms with Crippen molar-refractivity contribution in [3.63, 3.8) is 0 Å². The first-order valence-electron chi connectivity index (χ1n) is 4.52. The van der Waals surface area contributed by atoms with Crippen LogP contribution in [0.1, 0.15) is 6.92 Å². The number of hydrogen-bond acceptors (Lipinski definition) is 6. The number of nitrogens with zero attached hydrogens (tertiary/aromatic N) is 3. The van der Waals surface area contributed by atoms with Crippen molar-refractivity contribution in [2.75, 3.05) is 31.5 Å². The summed E-state index contributed by atoms with van der Waals surface area (Å²) in [6.45, 7) is 3.00. The third kappa shape index (κ3) is 3.75. The zero-order chi connectivity index (χ0) is 11.1. The summed E-state index contributed by atoms with van der Waals surface area (Å²) in [7, 11) is 1.48. The second-order valence-electron chi connectivity index (χ2n) is 2.50. The Morgan fingerprint density at radius 3 is 2.60 bits per heavy atom. The molecule has 0 atom stereocenters. The second kappa shape index (κ2) is 6.23. The number of ether oxygens (including phenoxy) is 2. The van der Waals surface area contributed by atoms with Crippen LogP contribution in [0.4, 0.5) is 5.95 Å². The van der Waals surface area contributed by atoms with E-state index in [9.17, 15) is 0 Å². The van der Waals surface area contributed by atoms with Gasteiger partial charge in [-0.15, -0.1) is 16.6 Å². The van der Waals surface area contributed by atoms with Crippen LogP contribution in [0.15, 0.2) is 0 Å². The van der Waals surface area contributed by atoms with Gasteiger partial charge in [-0.3, -0.25) is 0 Å². The highest BCUT2D eigenvalue weighted by Gasteiger charge is 2.06. The molecule has 0 fully saturated rings. The minimum Gasteiger partial charge on any atom is -0.467 e. The molecule has 1 aromatic rings. The van der Waals surface area contributed by atoms with E-state index in [1.54, 1.807) is 0 Å². The second-order valence-corrected chi connectivity index (χ2v) is 2.87. The number of halogens is 1. The maximum Gasteiger partial charge on any atom is 0.324 e. The summed E-state index contributed by atoms with van der Waals surface area (Å²) >= 11 is 5.48. The molecule has 0 saturated carbocycles. The minimum atomic E-state index is 0.207.